The van der Waals surface area contributed by atoms with E-state index in [0.29, 0.717) is 5.16 Å². The topological polar surface area (TPSA) is 73.0 Å². The van der Waals surface area contributed by atoms with E-state index in [2.05, 4.69) is 41.5 Å². The molecule has 1 atom stereocenters. The summed E-state index contributed by atoms with van der Waals surface area (Å²) in [6.07, 6.45) is 1.67. The Labute approximate surface area is 157 Å². The number of carbonyl (C=O) groups excluding carboxylic acids is 1. The van der Waals surface area contributed by atoms with Crippen LogP contribution in [0.15, 0.2) is 46.2 Å². The summed E-state index contributed by atoms with van der Waals surface area (Å²) < 4.78 is 7.44. The number of aryl methyl sites for hydroxylation is 3. The summed E-state index contributed by atoms with van der Waals surface area (Å²) >= 11 is 1.36. The van der Waals surface area contributed by atoms with E-state index in [9.17, 15) is 4.79 Å². The van der Waals surface area contributed by atoms with E-state index in [4.69, 9.17) is 4.42 Å². The highest BCUT2D eigenvalue weighted by molar-refractivity contribution is 7.99. The zero-order valence-corrected chi connectivity index (χ0v) is 16.1. The molecular weight excluding hydrogens is 348 g/mol. The van der Waals surface area contributed by atoms with E-state index < -0.39 is 0 Å². The van der Waals surface area contributed by atoms with E-state index in [1.807, 2.05) is 36.6 Å². The fourth-order valence-electron chi connectivity index (χ4n) is 2.55. The molecule has 3 aromatic rings. The van der Waals surface area contributed by atoms with E-state index in [1.54, 1.807) is 6.33 Å². The molecule has 26 heavy (non-hydrogen) atoms. The van der Waals surface area contributed by atoms with Crippen molar-refractivity contribution in [3.8, 4) is 5.69 Å². The highest BCUT2D eigenvalue weighted by atomic mass is 32.2. The van der Waals surface area contributed by atoms with Gasteiger partial charge in [0.2, 0.25) is 5.91 Å². The quantitative estimate of drug-likeness (QED) is 0.669. The second-order valence-corrected chi connectivity index (χ2v) is 7.22. The van der Waals surface area contributed by atoms with Crippen molar-refractivity contribution in [2.45, 2.75) is 38.9 Å². The minimum absolute atomic E-state index is 0.0776. The van der Waals surface area contributed by atoms with Gasteiger partial charge in [-0.15, -0.1) is 10.2 Å². The number of hydrogen-bond donors (Lipinski definition) is 1. The van der Waals surface area contributed by atoms with Gasteiger partial charge in [-0.3, -0.25) is 9.36 Å². The highest BCUT2D eigenvalue weighted by Crippen LogP contribution is 2.22. The Morgan fingerprint density at radius 2 is 2.04 bits per heavy atom. The molecule has 6 nitrogen and oxygen atoms in total. The Kier molecular flexibility index (Phi) is 5.46. The fourth-order valence-corrected chi connectivity index (χ4v) is 3.29. The zero-order chi connectivity index (χ0) is 18.7. The molecule has 0 aliphatic carbocycles. The predicted molar refractivity (Wildman–Crippen MR) is 102 cm³/mol. The Balaban J connectivity index is 1.62. The first-order chi connectivity index (χ1) is 12.4. The van der Waals surface area contributed by atoms with Crippen LogP contribution in [-0.2, 0) is 4.79 Å². The third-order valence-electron chi connectivity index (χ3n) is 4.18. The molecule has 136 valence electrons. The van der Waals surface area contributed by atoms with Crippen LogP contribution in [0.1, 0.15) is 35.6 Å². The first-order valence-electron chi connectivity index (χ1n) is 8.40. The van der Waals surface area contributed by atoms with E-state index >= 15 is 0 Å². The van der Waals surface area contributed by atoms with Gasteiger partial charge < -0.3 is 9.73 Å². The molecule has 1 N–H and O–H groups in total. The maximum atomic E-state index is 12.2. The maximum Gasteiger partial charge on any atom is 0.231 e. The average Bonchev–Trinajstić information content (AvgIpc) is 3.24. The number of furan rings is 1. The Morgan fingerprint density at radius 1 is 1.23 bits per heavy atom. The van der Waals surface area contributed by atoms with Crippen molar-refractivity contribution in [3.63, 3.8) is 0 Å². The molecule has 0 radical (unpaired) electrons. The Morgan fingerprint density at radius 3 is 2.73 bits per heavy atom. The van der Waals surface area contributed by atoms with E-state index in [0.717, 1.165) is 17.2 Å². The van der Waals surface area contributed by atoms with Gasteiger partial charge in [-0.25, -0.2) is 0 Å². The van der Waals surface area contributed by atoms with Crippen molar-refractivity contribution in [1.82, 2.24) is 20.1 Å². The monoisotopic (exact) mass is 370 g/mol. The minimum Gasteiger partial charge on any atom is -0.464 e. The van der Waals surface area contributed by atoms with Gasteiger partial charge in [-0.05, 0) is 63.1 Å². The third kappa shape index (κ3) is 4.16. The average molecular weight is 370 g/mol. The summed E-state index contributed by atoms with van der Waals surface area (Å²) in [6.45, 7) is 7.93. The molecule has 1 amide bonds. The molecular formula is C19H22N4O2S. The maximum absolute atomic E-state index is 12.2. The summed E-state index contributed by atoms with van der Waals surface area (Å²) in [5, 5.41) is 11.7. The lowest BCUT2D eigenvalue weighted by Crippen LogP contribution is -2.28. The van der Waals surface area contributed by atoms with Crippen LogP contribution in [-0.4, -0.2) is 26.4 Å². The van der Waals surface area contributed by atoms with Crippen LogP contribution in [0.2, 0.25) is 0 Å². The highest BCUT2D eigenvalue weighted by Gasteiger charge is 2.15. The standard InChI is InChI=1S/C19H22N4O2S/c1-12-5-7-16(9-13(12)2)23-11-20-22-19(23)26-10-18(24)21-15(4)17-8-6-14(3)25-17/h5-9,11,15H,10H2,1-4H3,(H,21,24). The minimum atomic E-state index is -0.172. The Bertz CT molecular complexity index is 916. The summed E-state index contributed by atoms with van der Waals surface area (Å²) in [5.41, 5.74) is 3.42. The van der Waals surface area contributed by atoms with Crippen LogP contribution in [0.4, 0.5) is 0 Å². The smallest absolute Gasteiger partial charge is 0.231 e. The third-order valence-corrected chi connectivity index (χ3v) is 5.13. The van der Waals surface area contributed by atoms with Crippen molar-refractivity contribution < 1.29 is 9.21 Å². The SMILES string of the molecule is Cc1ccc(C(C)NC(=O)CSc2nncn2-c2ccc(C)c(C)c2)o1. The van der Waals surface area contributed by atoms with Crippen LogP contribution in [0.3, 0.4) is 0 Å². The van der Waals surface area contributed by atoms with Crippen LogP contribution < -0.4 is 5.32 Å². The van der Waals surface area contributed by atoms with Crippen molar-refractivity contribution in [2.75, 3.05) is 5.75 Å². The number of benzene rings is 1. The Hall–Kier alpha value is -2.54. The van der Waals surface area contributed by atoms with Crippen molar-refractivity contribution >= 4 is 17.7 Å². The second kappa shape index (κ2) is 7.78. The first kappa shape index (κ1) is 18.3. The van der Waals surface area contributed by atoms with Crippen molar-refractivity contribution in [3.05, 3.63) is 59.3 Å². The molecule has 0 saturated carbocycles. The molecule has 1 aromatic carbocycles. The molecule has 0 aliphatic rings. The van der Waals surface area contributed by atoms with E-state index in [-0.39, 0.29) is 17.7 Å². The van der Waals surface area contributed by atoms with Gasteiger partial charge in [0.05, 0.1) is 11.8 Å². The van der Waals surface area contributed by atoms with Crippen LogP contribution in [0.25, 0.3) is 5.69 Å². The largest absolute Gasteiger partial charge is 0.464 e. The second-order valence-electron chi connectivity index (χ2n) is 6.28. The number of nitrogens with one attached hydrogen (secondary N) is 1. The number of aromatic nitrogens is 3. The summed E-state index contributed by atoms with van der Waals surface area (Å²) in [4.78, 5) is 12.2. The number of amides is 1. The zero-order valence-electron chi connectivity index (χ0n) is 15.3. The molecule has 3 rings (SSSR count). The first-order valence-corrected chi connectivity index (χ1v) is 9.38. The number of nitrogens with zero attached hydrogens (tertiary/aromatic N) is 3. The summed E-state index contributed by atoms with van der Waals surface area (Å²) in [7, 11) is 0. The fraction of sp³-hybridized carbons (Fsp3) is 0.316. The molecule has 0 aliphatic heterocycles. The molecule has 2 heterocycles. The molecule has 0 saturated heterocycles. The van der Waals surface area contributed by atoms with Crippen molar-refractivity contribution in [1.29, 1.82) is 0 Å². The number of thioether (sulfide) groups is 1. The molecule has 0 bridgehead atoms. The molecule has 0 spiro atoms. The number of rotatable bonds is 6. The normalized spacial score (nSPS) is 12.2. The van der Waals surface area contributed by atoms with Gasteiger partial charge in [0.1, 0.15) is 17.8 Å². The van der Waals surface area contributed by atoms with Gasteiger partial charge in [0.25, 0.3) is 0 Å². The lowest BCUT2D eigenvalue weighted by Gasteiger charge is -2.12. The van der Waals surface area contributed by atoms with Gasteiger partial charge in [-0.2, -0.15) is 0 Å². The van der Waals surface area contributed by atoms with Gasteiger partial charge >= 0.3 is 0 Å². The summed E-state index contributed by atoms with van der Waals surface area (Å²) in [5.74, 6) is 1.76. The van der Waals surface area contributed by atoms with Crippen molar-refractivity contribution in [2.24, 2.45) is 0 Å². The molecule has 1 unspecified atom stereocenters. The molecule has 0 fully saturated rings. The van der Waals surface area contributed by atoms with Gasteiger partial charge in [0, 0.05) is 5.69 Å². The summed E-state index contributed by atoms with van der Waals surface area (Å²) in [6, 6.07) is 9.78. The lowest BCUT2D eigenvalue weighted by molar-refractivity contribution is -0.119. The van der Waals surface area contributed by atoms with Crippen LogP contribution >= 0.6 is 11.8 Å². The molecule has 7 heteroatoms. The molecule has 2 aromatic heterocycles. The van der Waals surface area contributed by atoms with Gasteiger partial charge in [0.15, 0.2) is 5.16 Å². The van der Waals surface area contributed by atoms with E-state index in [1.165, 1.54) is 22.9 Å². The van der Waals surface area contributed by atoms with Crippen LogP contribution in [0, 0.1) is 20.8 Å². The van der Waals surface area contributed by atoms with Crippen LogP contribution in [0.5, 0.6) is 0 Å². The number of hydrogen-bond acceptors (Lipinski definition) is 5. The van der Waals surface area contributed by atoms with Gasteiger partial charge in [-0.1, -0.05) is 17.8 Å². The predicted octanol–water partition coefficient (Wildman–Crippen LogP) is 3.76. The number of carbonyl (C=O) groups is 1. The lowest BCUT2D eigenvalue weighted by atomic mass is 10.1.